The van der Waals surface area contributed by atoms with Gasteiger partial charge < -0.3 is 4.57 Å². The molecular formula is C47H32FN. The van der Waals surface area contributed by atoms with E-state index in [1.165, 1.54) is 65.7 Å². The predicted molar refractivity (Wildman–Crippen MR) is 206 cm³/mol. The van der Waals surface area contributed by atoms with Crippen LogP contribution in [0.2, 0.25) is 0 Å². The largest absolute Gasteiger partial charge is 0.309 e. The lowest BCUT2D eigenvalue weighted by atomic mass is 9.87. The second-order valence-corrected chi connectivity index (χ2v) is 13.4. The van der Waals surface area contributed by atoms with Crippen LogP contribution in [-0.4, -0.2) is 4.57 Å². The summed E-state index contributed by atoms with van der Waals surface area (Å²) in [5.41, 5.74) is 11.6. The molecule has 1 heterocycles. The van der Waals surface area contributed by atoms with Gasteiger partial charge in [0, 0.05) is 10.8 Å². The minimum absolute atomic E-state index is 0.236. The van der Waals surface area contributed by atoms with Crippen molar-refractivity contribution in [1.82, 2.24) is 4.57 Å². The molecule has 1 aliphatic rings. The molecule has 2 heteroatoms. The molecule has 8 aromatic carbocycles. The maximum atomic E-state index is 14.9. The number of nitrogens with zero attached hydrogens (tertiary/aromatic N) is 1. The highest BCUT2D eigenvalue weighted by Gasteiger charge is 2.19. The molecule has 10 rings (SSSR count). The van der Waals surface area contributed by atoms with Crippen LogP contribution in [0.4, 0.5) is 4.39 Å². The lowest BCUT2D eigenvalue weighted by molar-refractivity contribution is 0.626. The summed E-state index contributed by atoms with van der Waals surface area (Å²) in [6.45, 7) is 2.06. The normalized spacial score (nSPS) is 12.9. The molecule has 1 nitrogen and oxygen atoms in total. The number of rotatable bonds is 3. The third-order valence-corrected chi connectivity index (χ3v) is 10.6. The van der Waals surface area contributed by atoms with Gasteiger partial charge in [0.2, 0.25) is 0 Å². The monoisotopic (exact) mass is 629 g/mol. The molecule has 49 heavy (non-hydrogen) atoms. The quantitative estimate of drug-likeness (QED) is 0.171. The van der Waals surface area contributed by atoms with Crippen LogP contribution in [0.3, 0.4) is 0 Å². The Morgan fingerprint density at radius 1 is 0.531 bits per heavy atom. The van der Waals surface area contributed by atoms with E-state index >= 15 is 0 Å². The molecule has 0 fully saturated rings. The minimum atomic E-state index is -0.236. The van der Waals surface area contributed by atoms with Crippen molar-refractivity contribution in [3.8, 4) is 27.9 Å². The second-order valence-electron chi connectivity index (χ2n) is 13.4. The summed E-state index contributed by atoms with van der Waals surface area (Å²) in [7, 11) is 0. The molecule has 0 spiro atoms. The zero-order valence-corrected chi connectivity index (χ0v) is 27.2. The fourth-order valence-corrected chi connectivity index (χ4v) is 8.30. The summed E-state index contributed by atoms with van der Waals surface area (Å²) in [5.74, 6) is -0.236. The summed E-state index contributed by atoms with van der Waals surface area (Å²) in [5, 5.41) is 9.90. The van der Waals surface area contributed by atoms with E-state index in [9.17, 15) is 4.39 Å². The number of hydrogen-bond acceptors (Lipinski definition) is 0. The maximum Gasteiger partial charge on any atom is 0.125 e. The number of benzene rings is 8. The summed E-state index contributed by atoms with van der Waals surface area (Å²) in [6, 6.07) is 49.6. The van der Waals surface area contributed by atoms with Gasteiger partial charge in [-0.1, -0.05) is 103 Å². The van der Waals surface area contributed by atoms with Crippen LogP contribution in [0.15, 0.2) is 146 Å². The molecule has 0 bridgehead atoms. The van der Waals surface area contributed by atoms with Crippen molar-refractivity contribution in [2.45, 2.75) is 19.8 Å². The van der Waals surface area contributed by atoms with E-state index in [1.54, 1.807) is 12.1 Å². The molecular weight excluding hydrogens is 598 g/mol. The lowest BCUT2D eigenvalue weighted by Crippen LogP contribution is -1.98. The van der Waals surface area contributed by atoms with Crippen molar-refractivity contribution in [3.63, 3.8) is 0 Å². The van der Waals surface area contributed by atoms with E-state index in [4.69, 9.17) is 0 Å². The first-order valence-electron chi connectivity index (χ1n) is 17.1. The molecule has 0 atom stereocenters. The highest BCUT2D eigenvalue weighted by molar-refractivity contribution is 6.16. The van der Waals surface area contributed by atoms with Crippen molar-refractivity contribution in [2.75, 3.05) is 0 Å². The van der Waals surface area contributed by atoms with Crippen LogP contribution in [0.1, 0.15) is 23.1 Å². The van der Waals surface area contributed by atoms with E-state index < -0.39 is 0 Å². The molecule has 0 N–H and O–H groups in total. The van der Waals surface area contributed by atoms with Crippen LogP contribution in [0, 0.1) is 12.7 Å². The van der Waals surface area contributed by atoms with Gasteiger partial charge in [0.15, 0.2) is 0 Å². The third-order valence-electron chi connectivity index (χ3n) is 10.6. The third kappa shape index (κ3) is 4.30. The topological polar surface area (TPSA) is 4.93 Å². The predicted octanol–water partition coefficient (Wildman–Crippen LogP) is 13.0. The SMILES string of the molecule is Cc1ccc(F)cc1-n1c2ccc(-c3cc4c(c5ccccc35)CCC=C4)cc2c2cc(-c3cc4ccccc4c4ccccc34)ccc21. The van der Waals surface area contributed by atoms with E-state index in [1.807, 2.05) is 6.07 Å². The molecule has 9 aromatic rings. The van der Waals surface area contributed by atoms with Crippen LogP contribution in [0.5, 0.6) is 0 Å². The van der Waals surface area contributed by atoms with Crippen molar-refractivity contribution in [1.29, 1.82) is 0 Å². The van der Waals surface area contributed by atoms with Gasteiger partial charge >= 0.3 is 0 Å². The van der Waals surface area contributed by atoms with E-state index in [2.05, 4.69) is 145 Å². The molecule has 1 aliphatic carbocycles. The molecule has 0 saturated carbocycles. The molecule has 0 amide bonds. The lowest BCUT2D eigenvalue weighted by Gasteiger charge is -2.18. The van der Waals surface area contributed by atoms with Crippen molar-refractivity contribution in [2.24, 2.45) is 0 Å². The molecule has 0 aliphatic heterocycles. The average molecular weight is 630 g/mol. The van der Waals surface area contributed by atoms with Gasteiger partial charge in [0.05, 0.1) is 16.7 Å². The molecule has 0 radical (unpaired) electrons. The summed E-state index contributed by atoms with van der Waals surface area (Å²) < 4.78 is 17.1. The molecule has 0 saturated heterocycles. The number of allylic oxidation sites excluding steroid dienone is 1. The van der Waals surface area contributed by atoms with Crippen LogP contribution < -0.4 is 0 Å². The van der Waals surface area contributed by atoms with Crippen LogP contribution >= 0.6 is 0 Å². The molecule has 0 unspecified atom stereocenters. The minimum Gasteiger partial charge on any atom is -0.309 e. The van der Waals surface area contributed by atoms with Crippen LogP contribution in [-0.2, 0) is 6.42 Å². The first kappa shape index (κ1) is 28.1. The van der Waals surface area contributed by atoms with Gasteiger partial charge in [0.1, 0.15) is 5.82 Å². The second kappa shape index (κ2) is 10.8. The van der Waals surface area contributed by atoms with E-state index in [0.29, 0.717) is 0 Å². The fraction of sp³-hybridized carbons (Fsp3) is 0.0638. The van der Waals surface area contributed by atoms with Gasteiger partial charge in [-0.3, -0.25) is 0 Å². The van der Waals surface area contributed by atoms with Crippen molar-refractivity contribution >= 4 is 60.2 Å². The number of halogens is 1. The Hall–Kier alpha value is -5.99. The molecule has 1 aromatic heterocycles. The summed E-state index contributed by atoms with van der Waals surface area (Å²) >= 11 is 0. The Morgan fingerprint density at radius 2 is 1.14 bits per heavy atom. The number of hydrogen-bond donors (Lipinski definition) is 0. The fourth-order valence-electron chi connectivity index (χ4n) is 8.30. The number of aryl methyl sites for hydroxylation is 2. The van der Waals surface area contributed by atoms with E-state index in [-0.39, 0.29) is 5.82 Å². The Labute approximate surface area is 284 Å². The highest BCUT2D eigenvalue weighted by atomic mass is 19.1. The van der Waals surface area contributed by atoms with Crippen molar-refractivity contribution in [3.05, 3.63) is 168 Å². The summed E-state index contributed by atoms with van der Waals surface area (Å²) in [6.07, 6.45) is 6.72. The van der Waals surface area contributed by atoms with Crippen LogP contribution in [0.25, 0.3) is 88.1 Å². The Balaban J connectivity index is 1.28. The Kier molecular flexibility index (Phi) is 6.17. The van der Waals surface area contributed by atoms with Gasteiger partial charge in [-0.05, 0) is 140 Å². The number of aromatic nitrogens is 1. The highest BCUT2D eigenvalue weighted by Crippen LogP contribution is 2.42. The summed E-state index contributed by atoms with van der Waals surface area (Å²) in [4.78, 5) is 0. The average Bonchev–Trinajstić information content (AvgIpc) is 3.48. The van der Waals surface area contributed by atoms with Gasteiger partial charge in [-0.2, -0.15) is 0 Å². The number of fused-ring (bicyclic) bond motifs is 9. The standard InChI is InChI=1S/C47H32FN/c1-29-18-21-34(48)28-47(29)49-45-22-19-32(41-24-30-10-2-4-12-35(30)37-14-6-8-16-39(37)41)26-43(45)44-27-33(20-23-46(44)49)42-25-31-11-3-5-13-36(31)38-15-7-9-17-40(38)42/h2-4,6-12,14-28H,5,13H2,1H3. The Bertz CT molecular complexity index is 2850. The molecule has 232 valence electrons. The first-order chi connectivity index (χ1) is 24.1. The maximum absolute atomic E-state index is 14.9. The van der Waals surface area contributed by atoms with Gasteiger partial charge in [-0.25, -0.2) is 4.39 Å². The van der Waals surface area contributed by atoms with Gasteiger partial charge in [0.25, 0.3) is 0 Å². The van der Waals surface area contributed by atoms with Crippen molar-refractivity contribution < 1.29 is 4.39 Å². The van der Waals surface area contributed by atoms with Gasteiger partial charge in [-0.15, -0.1) is 0 Å². The Morgan fingerprint density at radius 3 is 1.88 bits per heavy atom. The van der Waals surface area contributed by atoms with E-state index in [0.717, 1.165) is 45.9 Å². The smallest absolute Gasteiger partial charge is 0.125 e. The zero-order chi connectivity index (χ0) is 32.6. The first-order valence-corrected chi connectivity index (χ1v) is 17.1. The zero-order valence-electron chi connectivity index (χ0n) is 27.2.